The molecule has 19 heavy (non-hydrogen) atoms. The van der Waals surface area contributed by atoms with Gasteiger partial charge < -0.3 is 15.2 Å². The molecular formula is C15H24N2O2. The summed E-state index contributed by atoms with van der Waals surface area (Å²) in [7, 11) is 1.70. The van der Waals surface area contributed by atoms with Gasteiger partial charge in [0.05, 0.1) is 19.3 Å². The molecule has 1 aliphatic heterocycles. The number of aliphatic hydroxyl groups is 1. The molecule has 0 spiro atoms. The Labute approximate surface area is 115 Å². The van der Waals surface area contributed by atoms with E-state index in [4.69, 9.17) is 4.74 Å². The number of hydrogen-bond acceptors (Lipinski definition) is 4. The van der Waals surface area contributed by atoms with Crippen molar-refractivity contribution >= 4 is 0 Å². The lowest BCUT2D eigenvalue weighted by Crippen LogP contribution is -2.34. The third-order valence-electron chi connectivity index (χ3n) is 3.66. The summed E-state index contributed by atoms with van der Waals surface area (Å²) < 4.78 is 5.12. The largest absolute Gasteiger partial charge is 0.394 e. The Balaban J connectivity index is 2.06. The number of rotatable bonds is 5. The van der Waals surface area contributed by atoms with E-state index < -0.39 is 0 Å². The van der Waals surface area contributed by atoms with Crippen LogP contribution in [0.5, 0.6) is 0 Å². The monoisotopic (exact) mass is 264 g/mol. The predicted molar refractivity (Wildman–Crippen MR) is 76.0 cm³/mol. The molecular weight excluding hydrogens is 240 g/mol. The van der Waals surface area contributed by atoms with Crippen molar-refractivity contribution < 1.29 is 9.84 Å². The van der Waals surface area contributed by atoms with Crippen molar-refractivity contribution in [3.63, 3.8) is 0 Å². The van der Waals surface area contributed by atoms with Crippen LogP contribution in [0, 0.1) is 0 Å². The first-order valence-electron chi connectivity index (χ1n) is 6.98. The van der Waals surface area contributed by atoms with Crippen LogP contribution in [0.4, 0.5) is 0 Å². The molecule has 2 rings (SSSR count). The van der Waals surface area contributed by atoms with Gasteiger partial charge in [-0.1, -0.05) is 24.3 Å². The van der Waals surface area contributed by atoms with Crippen LogP contribution in [-0.2, 0) is 11.3 Å². The second kappa shape index (κ2) is 7.60. The van der Waals surface area contributed by atoms with Gasteiger partial charge in [0, 0.05) is 26.7 Å². The summed E-state index contributed by atoms with van der Waals surface area (Å²) in [6.45, 7) is 4.91. The lowest BCUT2D eigenvalue weighted by atomic mass is 10.0. The van der Waals surface area contributed by atoms with Crippen molar-refractivity contribution in [3.8, 4) is 0 Å². The van der Waals surface area contributed by atoms with Crippen molar-refractivity contribution in [2.45, 2.75) is 19.1 Å². The zero-order valence-corrected chi connectivity index (χ0v) is 11.6. The van der Waals surface area contributed by atoms with Gasteiger partial charge in [-0.3, -0.25) is 4.90 Å². The first-order chi connectivity index (χ1) is 9.35. The smallest absolute Gasteiger partial charge is 0.0713 e. The van der Waals surface area contributed by atoms with E-state index in [-0.39, 0.29) is 12.6 Å². The molecule has 1 unspecified atom stereocenters. The van der Waals surface area contributed by atoms with Crippen LogP contribution >= 0.6 is 0 Å². The molecule has 0 bridgehead atoms. The van der Waals surface area contributed by atoms with Gasteiger partial charge in [-0.2, -0.15) is 0 Å². The van der Waals surface area contributed by atoms with Gasteiger partial charge >= 0.3 is 0 Å². The fourth-order valence-corrected chi connectivity index (χ4v) is 2.61. The third-order valence-corrected chi connectivity index (χ3v) is 3.66. The number of hydrogen-bond donors (Lipinski definition) is 2. The lowest BCUT2D eigenvalue weighted by molar-refractivity contribution is 0.129. The van der Waals surface area contributed by atoms with Crippen LogP contribution in [-0.4, -0.2) is 49.9 Å². The van der Waals surface area contributed by atoms with E-state index in [2.05, 4.69) is 34.5 Å². The summed E-state index contributed by atoms with van der Waals surface area (Å²) in [5.74, 6) is 0. The van der Waals surface area contributed by atoms with Crippen molar-refractivity contribution in [3.05, 3.63) is 35.4 Å². The molecule has 1 saturated heterocycles. The minimum Gasteiger partial charge on any atom is -0.394 e. The molecule has 1 atom stereocenters. The molecule has 0 amide bonds. The van der Waals surface area contributed by atoms with Gasteiger partial charge in [0.1, 0.15) is 0 Å². The topological polar surface area (TPSA) is 44.7 Å². The second-order valence-corrected chi connectivity index (χ2v) is 5.01. The highest BCUT2D eigenvalue weighted by Crippen LogP contribution is 2.21. The average molecular weight is 264 g/mol. The Morgan fingerprint density at radius 1 is 1.26 bits per heavy atom. The molecule has 0 radical (unpaired) electrons. The van der Waals surface area contributed by atoms with Crippen LogP contribution in [0.2, 0.25) is 0 Å². The second-order valence-electron chi connectivity index (χ2n) is 5.01. The minimum absolute atomic E-state index is 0.108. The fourth-order valence-electron chi connectivity index (χ4n) is 2.61. The van der Waals surface area contributed by atoms with Gasteiger partial charge in [0.25, 0.3) is 0 Å². The first kappa shape index (κ1) is 14.5. The van der Waals surface area contributed by atoms with E-state index in [0.29, 0.717) is 6.61 Å². The molecule has 2 N–H and O–H groups in total. The van der Waals surface area contributed by atoms with Gasteiger partial charge in [-0.25, -0.2) is 0 Å². The zero-order valence-electron chi connectivity index (χ0n) is 11.6. The van der Waals surface area contributed by atoms with Gasteiger partial charge in [-0.15, -0.1) is 0 Å². The third kappa shape index (κ3) is 4.01. The van der Waals surface area contributed by atoms with Crippen LogP contribution in [0.15, 0.2) is 24.3 Å². The summed E-state index contributed by atoms with van der Waals surface area (Å²) in [6.07, 6.45) is 1.14. The quantitative estimate of drug-likeness (QED) is 0.838. The Hall–Kier alpha value is -0.940. The van der Waals surface area contributed by atoms with E-state index in [0.717, 1.165) is 32.6 Å². The van der Waals surface area contributed by atoms with Gasteiger partial charge in [0.15, 0.2) is 0 Å². The average Bonchev–Trinajstić information content (AvgIpc) is 2.71. The number of methoxy groups -OCH3 is 1. The summed E-state index contributed by atoms with van der Waals surface area (Å²) in [6, 6.07) is 8.48. The van der Waals surface area contributed by atoms with Crippen molar-refractivity contribution in [1.82, 2.24) is 10.2 Å². The van der Waals surface area contributed by atoms with Crippen molar-refractivity contribution in [2.75, 3.05) is 39.9 Å². The van der Waals surface area contributed by atoms with E-state index in [1.54, 1.807) is 7.11 Å². The normalized spacial score (nSPS) is 19.1. The maximum absolute atomic E-state index is 9.71. The molecule has 1 heterocycles. The molecule has 1 aliphatic rings. The Bertz CT molecular complexity index is 359. The van der Waals surface area contributed by atoms with Crippen LogP contribution in [0.3, 0.4) is 0 Å². The number of benzene rings is 1. The molecule has 1 aromatic carbocycles. The zero-order chi connectivity index (χ0) is 13.5. The van der Waals surface area contributed by atoms with E-state index in [9.17, 15) is 5.11 Å². The van der Waals surface area contributed by atoms with Gasteiger partial charge in [0.2, 0.25) is 0 Å². The van der Waals surface area contributed by atoms with Crippen LogP contribution in [0.1, 0.15) is 23.6 Å². The fraction of sp³-hybridized carbons (Fsp3) is 0.600. The highest BCUT2D eigenvalue weighted by atomic mass is 16.5. The van der Waals surface area contributed by atoms with E-state index >= 15 is 0 Å². The molecule has 1 fully saturated rings. The number of nitrogens with zero attached hydrogens (tertiary/aromatic N) is 1. The van der Waals surface area contributed by atoms with Crippen molar-refractivity contribution in [2.24, 2.45) is 0 Å². The predicted octanol–water partition coefficient (Wildman–Crippen LogP) is 1.16. The number of aliphatic hydroxyl groups excluding tert-OH is 1. The standard InChI is InChI=1S/C15H24N2O2/c1-19-12-13-3-5-14(6-4-13)15(11-18)17-9-2-7-16-8-10-17/h3-6,15-16,18H,2,7-12H2,1H3. The highest BCUT2D eigenvalue weighted by molar-refractivity contribution is 5.25. The molecule has 0 saturated carbocycles. The number of nitrogens with one attached hydrogen (secondary N) is 1. The summed E-state index contributed by atoms with van der Waals surface area (Å²) >= 11 is 0. The Morgan fingerprint density at radius 2 is 2.05 bits per heavy atom. The van der Waals surface area contributed by atoms with Crippen molar-refractivity contribution in [1.29, 1.82) is 0 Å². The number of ether oxygens (including phenoxy) is 1. The van der Waals surface area contributed by atoms with Crippen LogP contribution in [0.25, 0.3) is 0 Å². The van der Waals surface area contributed by atoms with Gasteiger partial charge in [-0.05, 0) is 24.1 Å². The molecule has 0 aliphatic carbocycles. The molecule has 1 aromatic rings. The summed E-state index contributed by atoms with van der Waals surface area (Å²) in [5, 5.41) is 13.1. The molecule has 4 nitrogen and oxygen atoms in total. The first-order valence-corrected chi connectivity index (χ1v) is 6.98. The molecule has 4 heteroatoms. The lowest BCUT2D eigenvalue weighted by Gasteiger charge is -2.29. The Kier molecular flexibility index (Phi) is 5.79. The summed E-state index contributed by atoms with van der Waals surface area (Å²) in [4.78, 5) is 2.37. The maximum Gasteiger partial charge on any atom is 0.0713 e. The van der Waals surface area contributed by atoms with Crippen LogP contribution < -0.4 is 5.32 Å². The maximum atomic E-state index is 9.71. The van der Waals surface area contributed by atoms with E-state index in [1.165, 1.54) is 11.1 Å². The van der Waals surface area contributed by atoms with E-state index in [1.807, 2.05) is 0 Å². The SMILES string of the molecule is COCc1ccc(C(CO)N2CCCNCC2)cc1. The molecule has 106 valence electrons. The molecule has 0 aromatic heterocycles. The Morgan fingerprint density at radius 3 is 2.74 bits per heavy atom. The summed E-state index contributed by atoms with van der Waals surface area (Å²) in [5.41, 5.74) is 2.35. The minimum atomic E-state index is 0.108. The highest BCUT2D eigenvalue weighted by Gasteiger charge is 2.20.